The van der Waals surface area contributed by atoms with E-state index < -0.39 is 28.5 Å². The van der Waals surface area contributed by atoms with Crippen molar-refractivity contribution >= 4 is 27.5 Å². The molecule has 1 N–H and O–H groups in total. The van der Waals surface area contributed by atoms with E-state index >= 15 is 0 Å². The van der Waals surface area contributed by atoms with Gasteiger partial charge >= 0.3 is 0 Å². The molecular weight excluding hydrogens is 546 g/mol. The lowest BCUT2D eigenvalue weighted by molar-refractivity contribution is -0.139. The molecule has 218 valence electrons. The second-order valence-electron chi connectivity index (χ2n) is 10.2. The molecule has 8 heteroatoms. The van der Waals surface area contributed by atoms with Gasteiger partial charge < -0.3 is 10.2 Å². The van der Waals surface area contributed by atoms with Crippen molar-refractivity contribution in [2.75, 3.05) is 17.9 Å². The number of likely N-dealkylation sites (N-methyl/N-ethyl adjacent to an activating group) is 1. The van der Waals surface area contributed by atoms with Crippen molar-refractivity contribution < 1.29 is 18.0 Å². The van der Waals surface area contributed by atoms with Crippen LogP contribution in [0.15, 0.2) is 114 Å². The van der Waals surface area contributed by atoms with E-state index in [1.165, 1.54) is 24.1 Å². The van der Waals surface area contributed by atoms with Crippen molar-refractivity contribution in [3.05, 3.63) is 131 Å². The zero-order valence-corrected chi connectivity index (χ0v) is 25.1. The lowest BCUT2D eigenvalue weighted by Crippen LogP contribution is -2.53. The number of hydrogen-bond donors (Lipinski definition) is 1. The van der Waals surface area contributed by atoms with E-state index in [1.54, 1.807) is 30.3 Å². The molecule has 0 aromatic heterocycles. The van der Waals surface area contributed by atoms with Crippen LogP contribution in [0.25, 0.3) is 0 Å². The van der Waals surface area contributed by atoms with E-state index in [0.717, 1.165) is 33.0 Å². The highest BCUT2D eigenvalue weighted by molar-refractivity contribution is 7.92. The van der Waals surface area contributed by atoms with Crippen molar-refractivity contribution in [3.63, 3.8) is 0 Å². The Balaban J connectivity index is 1.78. The molecular formula is C34H37N3O4S. The molecule has 0 saturated heterocycles. The van der Waals surface area contributed by atoms with Crippen LogP contribution in [0, 0.1) is 6.92 Å². The molecule has 7 nitrogen and oxygen atoms in total. The summed E-state index contributed by atoms with van der Waals surface area (Å²) in [6.07, 6.45) is 1.07. The van der Waals surface area contributed by atoms with Gasteiger partial charge in [-0.3, -0.25) is 13.9 Å². The summed E-state index contributed by atoms with van der Waals surface area (Å²) in [6, 6.07) is 31.6. The fourth-order valence-corrected chi connectivity index (χ4v) is 6.31. The van der Waals surface area contributed by atoms with Crippen LogP contribution < -0.4 is 9.62 Å². The molecule has 0 aliphatic carbocycles. The maximum absolute atomic E-state index is 14.3. The highest BCUT2D eigenvalue weighted by atomic mass is 32.2. The van der Waals surface area contributed by atoms with Crippen molar-refractivity contribution in [3.8, 4) is 0 Å². The summed E-state index contributed by atoms with van der Waals surface area (Å²) < 4.78 is 29.1. The molecule has 2 amide bonds. The number of rotatable bonds is 12. The van der Waals surface area contributed by atoms with Crippen molar-refractivity contribution in [1.82, 2.24) is 10.2 Å². The van der Waals surface area contributed by atoms with Gasteiger partial charge in [0.25, 0.3) is 10.0 Å². The molecule has 1 atom stereocenters. The second-order valence-corrected chi connectivity index (χ2v) is 12.0. The Morgan fingerprint density at radius 3 is 2.00 bits per heavy atom. The fraction of sp³-hybridized carbons (Fsp3) is 0.235. The van der Waals surface area contributed by atoms with Crippen LogP contribution in [0.4, 0.5) is 5.69 Å². The summed E-state index contributed by atoms with van der Waals surface area (Å²) in [6.45, 7) is 3.64. The van der Waals surface area contributed by atoms with Gasteiger partial charge in [-0.2, -0.15) is 0 Å². The standard InChI is InChI=1S/C34H37N3O4S/c1-4-27-18-20-30(21-19-27)37(42(40,41)31-16-9-6-10-17-31)25-33(38)36(24-29-15-11-12-26(2)22-29)32(34(39)35-3)23-28-13-7-5-8-14-28/h5-22,32H,4,23-25H2,1-3H3,(H,35,39)/t32-/m0/s1. The number of aryl methyl sites for hydroxylation is 2. The Kier molecular flexibility index (Phi) is 10.1. The highest BCUT2D eigenvalue weighted by Crippen LogP contribution is 2.25. The number of amides is 2. The van der Waals surface area contributed by atoms with Gasteiger partial charge in [0.05, 0.1) is 10.6 Å². The zero-order chi connectivity index (χ0) is 30.1. The molecule has 0 saturated carbocycles. The van der Waals surface area contributed by atoms with E-state index in [2.05, 4.69) is 5.32 Å². The SMILES string of the molecule is CCc1ccc(N(CC(=O)N(Cc2cccc(C)c2)[C@@H](Cc2ccccc2)C(=O)NC)S(=O)(=O)c2ccccc2)cc1. The Bertz CT molecular complexity index is 1590. The van der Waals surface area contributed by atoms with Crippen molar-refractivity contribution in [1.29, 1.82) is 0 Å². The molecule has 42 heavy (non-hydrogen) atoms. The molecule has 0 radical (unpaired) electrons. The number of carbonyl (C=O) groups is 2. The molecule has 4 aromatic carbocycles. The minimum Gasteiger partial charge on any atom is -0.357 e. The Morgan fingerprint density at radius 2 is 1.40 bits per heavy atom. The molecule has 4 aromatic rings. The van der Waals surface area contributed by atoms with Crippen LogP contribution in [0.2, 0.25) is 0 Å². The Hall–Kier alpha value is -4.43. The molecule has 0 bridgehead atoms. The van der Waals surface area contributed by atoms with Gasteiger partial charge in [0.15, 0.2) is 0 Å². The summed E-state index contributed by atoms with van der Waals surface area (Å²) in [5.74, 6) is -0.815. The van der Waals surface area contributed by atoms with E-state index in [0.29, 0.717) is 5.69 Å². The van der Waals surface area contributed by atoms with Crippen LogP contribution >= 0.6 is 0 Å². The highest BCUT2D eigenvalue weighted by Gasteiger charge is 2.34. The minimum atomic E-state index is -4.11. The largest absolute Gasteiger partial charge is 0.357 e. The second kappa shape index (κ2) is 14.0. The number of carbonyl (C=O) groups excluding carboxylic acids is 2. The Labute approximate surface area is 248 Å². The average molecular weight is 584 g/mol. The number of sulfonamides is 1. The summed E-state index contributed by atoms with van der Waals surface area (Å²) in [5.41, 5.74) is 4.17. The maximum atomic E-state index is 14.3. The normalized spacial score (nSPS) is 11.9. The van der Waals surface area contributed by atoms with Crippen LogP contribution in [-0.4, -0.2) is 44.8 Å². The van der Waals surface area contributed by atoms with E-state index in [4.69, 9.17) is 0 Å². The molecule has 4 rings (SSSR count). The predicted molar refractivity (Wildman–Crippen MR) is 167 cm³/mol. The fourth-order valence-electron chi connectivity index (χ4n) is 4.87. The van der Waals surface area contributed by atoms with Gasteiger partial charge in [0.1, 0.15) is 12.6 Å². The number of anilines is 1. The third-order valence-corrected chi connectivity index (χ3v) is 8.98. The number of nitrogens with zero attached hydrogens (tertiary/aromatic N) is 2. The van der Waals surface area contributed by atoms with Crippen molar-refractivity contribution in [2.45, 2.75) is 44.2 Å². The zero-order valence-electron chi connectivity index (χ0n) is 24.2. The van der Waals surface area contributed by atoms with Crippen LogP contribution in [0.5, 0.6) is 0 Å². The smallest absolute Gasteiger partial charge is 0.264 e. The van der Waals surface area contributed by atoms with Crippen molar-refractivity contribution in [2.24, 2.45) is 0 Å². The first-order chi connectivity index (χ1) is 20.2. The van der Waals surface area contributed by atoms with E-state index in [1.807, 2.05) is 80.6 Å². The number of hydrogen-bond acceptors (Lipinski definition) is 4. The summed E-state index contributed by atoms with van der Waals surface area (Å²) in [7, 11) is -2.57. The van der Waals surface area contributed by atoms with Gasteiger partial charge in [-0.25, -0.2) is 8.42 Å². The summed E-state index contributed by atoms with van der Waals surface area (Å²) in [4.78, 5) is 29.2. The lowest BCUT2D eigenvalue weighted by atomic mass is 10.0. The predicted octanol–water partition coefficient (Wildman–Crippen LogP) is 5.14. The minimum absolute atomic E-state index is 0.0785. The number of benzene rings is 4. The molecule has 0 aliphatic heterocycles. The Morgan fingerprint density at radius 1 is 0.786 bits per heavy atom. The first-order valence-corrected chi connectivity index (χ1v) is 15.4. The molecule has 0 fully saturated rings. The third-order valence-electron chi connectivity index (χ3n) is 7.20. The van der Waals surface area contributed by atoms with Crippen LogP contribution in [-0.2, 0) is 39.0 Å². The van der Waals surface area contributed by atoms with E-state index in [-0.39, 0.29) is 23.8 Å². The van der Waals surface area contributed by atoms with E-state index in [9.17, 15) is 18.0 Å². The van der Waals surface area contributed by atoms with Crippen LogP contribution in [0.3, 0.4) is 0 Å². The summed E-state index contributed by atoms with van der Waals surface area (Å²) in [5, 5.41) is 2.71. The molecule has 0 heterocycles. The van der Waals surface area contributed by atoms with Gasteiger partial charge in [0, 0.05) is 20.0 Å². The lowest BCUT2D eigenvalue weighted by Gasteiger charge is -2.33. The topological polar surface area (TPSA) is 86.8 Å². The quantitative estimate of drug-likeness (QED) is 0.250. The first-order valence-electron chi connectivity index (χ1n) is 14.0. The van der Waals surface area contributed by atoms with Gasteiger partial charge in [-0.05, 0) is 54.3 Å². The molecule has 0 spiro atoms. The summed E-state index contributed by atoms with van der Waals surface area (Å²) >= 11 is 0. The molecule has 0 aliphatic rings. The van der Waals surface area contributed by atoms with Gasteiger partial charge in [-0.15, -0.1) is 0 Å². The maximum Gasteiger partial charge on any atom is 0.264 e. The van der Waals surface area contributed by atoms with Gasteiger partial charge in [0.2, 0.25) is 11.8 Å². The molecule has 0 unspecified atom stereocenters. The van der Waals surface area contributed by atoms with Gasteiger partial charge in [-0.1, -0.05) is 97.4 Å². The monoisotopic (exact) mass is 583 g/mol. The first kappa shape index (κ1) is 30.5. The third kappa shape index (κ3) is 7.44. The average Bonchev–Trinajstić information content (AvgIpc) is 3.02. The van der Waals surface area contributed by atoms with Crippen LogP contribution in [0.1, 0.15) is 29.2 Å². The number of nitrogens with one attached hydrogen (secondary N) is 1.